The Balaban J connectivity index is 1.53. The number of nitrogens with one attached hydrogen (secondary N) is 1. The van der Waals surface area contributed by atoms with Gasteiger partial charge in [0.1, 0.15) is 17.6 Å². The number of para-hydroxylation sites is 1. The molecule has 0 fully saturated rings. The first kappa shape index (κ1) is 13.3. The van der Waals surface area contributed by atoms with E-state index in [9.17, 15) is 5.11 Å². The Morgan fingerprint density at radius 2 is 2.10 bits per heavy atom. The third kappa shape index (κ3) is 2.89. The van der Waals surface area contributed by atoms with Gasteiger partial charge in [-0.1, -0.05) is 29.8 Å². The highest BCUT2D eigenvalue weighted by molar-refractivity contribution is 6.30. The lowest BCUT2D eigenvalue weighted by Crippen LogP contribution is -2.29. The lowest BCUT2D eigenvalue weighted by molar-refractivity contribution is 0.227. The zero-order valence-corrected chi connectivity index (χ0v) is 11.7. The van der Waals surface area contributed by atoms with E-state index in [0.29, 0.717) is 12.3 Å². The van der Waals surface area contributed by atoms with E-state index in [2.05, 4.69) is 5.32 Å². The summed E-state index contributed by atoms with van der Waals surface area (Å²) in [6.07, 6.45) is 0.984. The average Bonchev–Trinajstić information content (AvgIpc) is 2.83. The van der Waals surface area contributed by atoms with Gasteiger partial charge < -0.3 is 15.2 Å². The van der Waals surface area contributed by atoms with E-state index in [4.69, 9.17) is 16.3 Å². The van der Waals surface area contributed by atoms with Crippen LogP contribution in [0.4, 0.5) is 0 Å². The summed E-state index contributed by atoms with van der Waals surface area (Å²) < 4.78 is 5.85. The number of hydrogen-bond acceptors (Lipinski definition) is 3. The number of phenols is 1. The highest BCUT2D eigenvalue weighted by Crippen LogP contribution is 2.30. The number of benzene rings is 2. The number of halogens is 1. The van der Waals surface area contributed by atoms with Gasteiger partial charge in [-0.15, -0.1) is 0 Å². The zero-order valence-electron chi connectivity index (χ0n) is 11.0. The van der Waals surface area contributed by atoms with Crippen LogP contribution in [0, 0.1) is 0 Å². The van der Waals surface area contributed by atoms with Gasteiger partial charge in [0.2, 0.25) is 0 Å². The maximum atomic E-state index is 9.69. The van der Waals surface area contributed by atoms with E-state index in [0.717, 1.165) is 34.9 Å². The molecule has 1 heterocycles. The third-order valence-electron chi connectivity index (χ3n) is 3.44. The monoisotopic (exact) mass is 289 g/mol. The summed E-state index contributed by atoms with van der Waals surface area (Å²) in [6, 6.07) is 13.1. The largest absolute Gasteiger partial charge is 0.508 e. The van der Waals surface area contributed by atoms with E-state index in [-0.39, 0.29) is 6.10 Å². The smallest absolute Gasteiger partial charge is 0.123 e. The van der Waals surface area contributed by atoms with Crippen LogP contribution < -0.4 is 10.1 Å². The molecule has 3 nitrogen and oxygen atoms in total. The van der Waals surface area contributed by atoms with Crippen molar-refractivity contribution in [2.24, 2.45) is 0 Å². The second-order valence-electron chi connectivity index (χ2n) is 4.96. The molecule has 0 spiro atoms. The van der Waals surface area contributed by atoms with Crippen molar-refractivity contribution in [3.05, 3.63) is 58.6 Å². The van der Waals surface area contributed by atoms with Crippen LogP contribution in [0.3, 0.4) is 0 Å². The Morgan fingerprint density at radius 1 is 1.25 bits per heavy atom. The topological polar surface area (TPSA) is 41.5 Å². The summed E-state index contributed by atoms with van der Waals surface area (Å²) >= 11 is 5.97. The van der Waals surface area contributed by atoms with Crippen LogP contribution in [0.1, 0.15) is 11.1 Å². The first-order chi connectivity index (χ1) is 9.72. The molecule has 104 valence electrons. The molecular weight excluding hydrogens is 274 g/mol. The lowest BCUT2D eigenvalue weighted by atomic mass is 10.1. The highest BCUT2D eigenvalue weighted by Gasteiger charge is 2.22. The van der Waals surface area contributed by atoms with Crippen molar-refractivity contribution < 1.29 is 9.84 Å². The fourth-order valence-corrected chi connectivity index (χ4v) is 2.63. The maximum absolute atomic E-state index is 9.69. The van der Waals surface area contributed by atoms with Crippen LogP contribution in [-0.2, 0) is 13.0 Å². The summed E-state index contributed by atoms with van der Waals surface area (Å²) in [4.78, 5) is 0. The number of phenolic OH excluding ortho intramolecular Hbond substituents is 1. The molecule has 0 aliphatic carbocycles. The standard InChI is InChI=1S/C16H16ClNO2/c17-13-5-6-16-12(7-13)8-14(20-16)10-18-9-11-3-1-2-4-15(11)19/h1-7,14,18-19H,8-10H2. The number of ether oxygens (including phenoxy) is 1. The fourth-order valence-electron chi connectivity index (χ4n) is 2.43. The van der Waals surface area contributed by atoms with Gasteiger partial charge >= 0.3 is 0 Å². The Kier molecular flexibility index (Phi) is 3.81. The first-order valence-electron chi connectivity index (χ1n) is 6.65. The fraction of sp³-hybridized carbons (Fsp3) is 0.250. The van der Waals surface area contributed by atoms with Crippen molar-refractivity contribution in [1.82, 2.24) is 5.32 Å². The number of hydrogen-bond donors (Lipinski definition) is 2. The SMILES string of the molecule is Oc1ccccc1CNCC1Cc2cc(Cl)ccc2O1. The van der Waals surface area contributed by atoms with Crippen molar-refractivity contribution in [3.63, 3.8) is 0 Å². The van der Waals surface area contributed by atoms with Gasteiger partial charge in [-0.05, 0) is 29.8 Å². The lowest BCUT2D eigenvalue weighted by Gasteiger charge is -2.12. The van der Waals surface area contributed by atoms with Gasteiger partial charge in [-0.25, -0.2) is 0 Å². The summed E-state index contributed by atoms with van der Waals surface area (Å²) in [6.45, 7) is 1.37. The van der Waals surface area contributed by atoms with Gasteiger partial charge in [0, 0.05) is 30.1 Å². The molecule has 3 rings (SSSR count). The molecule has 2 aromatic carbocycles. The average molecular weight is 290 g/mol. The minimum Gasteiger partial charge on any atom is -0.508 e. The summed E-state index contributed by atoms with van der Waals surface area (Å²) in [5.74, 6) is 1.24. The van der Waals surface area contributed by atoms with Crippen molar-refractivity contribution in [3.8, 4) is 11.5 Å². The van der Waals surface area contributed by atoms with Crippen LogP contribution in [-0.4, -0.2) is 17.8 Å². The van der Waals surface area contributed by atoms with E-state index in [1.54, 1.807) is 6.07 Å². The molecule has 0 radical (unpaired) electrons. The molecule has 1 aliphatic heterocycles. The van der Waals surface area contributed by atoms with E-state index in [1.807, 2.05) is 36.4 Å². The normalized spacial score (nSPS) is 16.8. The number of rotatable bonds is 4. The minimum atomic E-state index is 0.120. The predicted molar refractivity (Wildman–Crippen MR) is 79.4 cm³/mol. The van der Waals surface area contributed by atoms with Gasteiger partial charge in [0.05, 0.1) is 0 Å². The van der Waals surface area contributed by atoms with E-state index in [1.165, 1.54) is 0 Å². The molecule has 1 unspecified atom stereocenters. The summed E-state index contributed by atoms with van der Waals surface area (Å²) in [7, 11) is 0. The molecule has 20 heavy (non-hydrogen) atoms. The highest BCUT2D eigenvalue weighted by atomic mass is 35.5. The first-order valence-corrected chi connectivity index (χ1v) is 7.03. The van der Waals surface area contributed by atoms with Crippen LogP contribution >= 0.6 is 11.6 Å². The van der Waals surface area contributed by atoms with Crippen LogP contribution in [0.15, 0.2) is 42.5 Å². The molecule has 0 aromatic heterocycles. The van der Waals surface area contributed by atoms with Crippen LogP contribution in [0.5, 0.6) is 11.5 Å². The van der Waals surface area contributed by atoms with Gasteiger partial charge in [-0.3, -0.25) is 0 Å². The van der Waals surface area contributed by atoms with Gasteiger partial charge in [0.15, 0.2) is 0 Å². The molecule has 1 atom stereocenters. The van der Waals surface area contributed by atoms with Crippen molar-refractivity contribution in [2.45, 2.75) is 19.1 Å². The second kappa shape index (κ2) is 5.73. The quantitative estimate of drug-likeness (QED) is 0.908. The molecule has 0 amide bonds. The van der Waals surface area contributed by atoms with Crippen molar-refractivity contribution >= 4 is 11.6 Å². The van der Waals surface area contributed by atoms with Crippen molar-refractivity contribution in [2.75, 3.05) is 6.54 Å². The molecule has 0 saturated heterocycles. The molecule has 0 bridgehead atoms. The Hall–Kier alpha value is -1.71. The zero-order chi connectivity index (χ0) is 13.9. The number of fused-ring (bicyclic) bond motifs is 1. The second-order valence-corrected chi connectivity index (χ2v) is 5.39. The number of aromatic hydroxyl groups is 1. The minimum absolute atomic E-state index is 0.120. The molecule has 4 heteroatoms. The van der Waals surface area contributed by atoms with Crippen LogP contribution in [0.25, 0.3) is 0 Å². The third-order valence-corrected chi connectivity index (χ3v) is 3.68. The van der Waals surface area contributed by atoms with Gasteiger partial charge in [-0.2, -0.15) is 0 Å². The summed E-state index contributed by atoms with van der Waals surface area (Å²) in [5.41, 5.74) is 2.05. The van der Waals surface area contributed by atoms with E-state index >= 15 is 0 Å². The molecule has 2 aromatic rings. The van der Waals surface area contributed by atoms with Gasteiger partial charge in [0.25, 0.3) is 0 Å². The molecular formula is C16H16ClNO2. The predicted octanol–water partition coefficient (Wildman–Crippen LogP) is 3.14. The Morgan fingerprint density at radius 3 is 2.95 bits per heavy atom. The Bertz CT molecular complexity index is 615. The molecule has 1 aliphatic rings. The Labute approximate surface area is 123 Å². The molecule has 2 N–H and O–H groups in total. The molecule has 0 saturated carbocycles. The van der Waals surface area contributed by atoms with Crippen molar-refractivity contribution in [1.29, 1.82) is 0 Å². The summed E-state index contributed by atoms with van der Waals surface area (Å²) in [5, 5.41) is 13.8. The van der Waals surface area contributed by atoms with Crippen LogP contribution in [0.2, 0.25) is 5.02 Å². The van der Waals surface area contributed by atoms with E-state index < -0.39 is 0 Å². The maximum Gasteiger partial charge on any atom is 0.123 e.